The largest absolute Gasteiger partial charge is 0.385 e. The second-order valence-corrected chi connectivity index (χ2v) is 10.7. The van der Waals surface area contributed by atoms with Gasteiger partial charge < -0.3 is 10.1 Å². The Morgan fingerprint density at radius 2 is 1.91 bits per heavy atom. The van der Waals surface area contributed by atoms with E-state index in [-0.39, 0.29) is 10.8 Å². The van der Waals surface area contributed by atoms with Crippen LogP contribution in [-0.4, -0.2) is 59.9 Å². The van der Waals surface area contributed by atoms with Crippen LogP contribution in [0, 0.1) is 0 Å². The lowest BCUT2D eigenvalue weighted by Crippen LogP contribution is -2.51. The average Bonchev–Trinajstić information content (AvgIpc) is 3.30. The van der Waals surface area contributed by atoms with Gasteiger partial charge >= 0.3 is 0 Å². The van der Waals surface area contributed by atoms with Crippen molar-refractivity contribution in [2.24, 2.45) is 0 Å². The Morgan fingerprint density at radius 1 is 1.14 bits per heavy atom. The topological polar surface area (TPSA) is 106 Å². The summed E-state index contributed by atoms with van der Waals surface area (Å²) in [6.07, 6.45) is 3.76. The molecule has 1 amide bonds. The third-order valence-corrected chi connectivity index (χ3v) is 8.37. The molecule has 0 bridgehead atoms. The minimum atomic E-state index is -3.88. The standard InChI is InChI=1S/C25H33N5O4S/c1-3-19-8-10-20(11-9-19)18-26-25(31)24-7-4-5-15-30(24)35(32,33)21-12-13-23-22(17-21)27-28-29(23)14-6-16-34-2/h8-13,17,24H,3-7,14-16,18H2,1-2H3,(H,26,31)/t24-/m0/s1. The molecule has 1 saturated heterocycles. The number of hydrogen-bond donors (Lipinski definition) is 1. The number of piperidine rings is 1. The van der Waals surface area contributed by atoms with Crippen LogP contribution in [-0.2, 0) is 39.1 Å². The summed E-state index contributed by atoms with van der Waals surface area (Å²) in [4.78, 5) is 13.2. The first-order valence-corrected chi connectivity index (χ1v) is 13.6. The number of aromatic nitrogens is 3. The number of fused-ring (bicyclic) bond motifs is 1. The smallest absolute Gasteiger partial charge is 0.243 e. The van der Waals surface area contributed by atoms with E-state index in [2.05, 4.69) is 22.6 Å². The molecule has 1 fully saturated rings. The van der Waals surface area contributed by atoms with Gasteiger partial charge in [-0.15, -0.1) is 5.10 Å². The molecule has 1 aliphatic rings. The third-order valence-electron chi connectivity index (χ3n) is 6.46. The molecule has 0 saturated carbocycles. The molecule has 1 N–H and O–H groups in total. The zero-order chi connectivity index (χ0) is 24.8. The second-order valence-electron chi connectivity index (χ2n) is 8.82. The van der Waals surface area contributed by atoms with Crippen molar-refractivity contribution in [3.8, 4) is 0 Å². The molecule has 1 aliphatic heterocycles. The number of nitrogens with one attached hydrogen (secondary N) is 1. The van der Waals surface area contributed by atoms with Crippen molar-refractivity contribution in [3.63, 3.8) is 0 Å². The van der Waals surface area contributed by atoms with Crippen LogP contribution in [0.25, 0.3) is 11.0 Å². The molecule has 10 heteroatoms. The van der Waals surface area contributed by atoms with Gasteiger partial charge in [0.1, 0.15) is 11.6 Å². The van der Waals surface area contributed by atoms with E-state index >= 15 is 0 Å². The number of aryl methyl sites for hydroxylation is 2. The molecule has 2 heterocycles. The average molecular weight is 500 g/mol. The van der Waals surface area contributed by atoms with Crippen molar-refractivity contribution in [1.29, 1.82) is 0 Å². The summed E-state index contributed by atoms with van der Waals surface area (Å²) >= 11 is 0. The molecule has 0 aliphatic carbocycles. The van der Waals surface area contributed by atoms with Gasteiger partial charge in [0.25, 0.3) is 0 Å². The Kier molecular flexibility index (Phi) is 8.15. The molecule has 35 heavy (non-hydrogen) atoms. The molecule has 0 spiro atoms. The predicted octanol–water partition coefficient (Wildman–Crippen LogP) is 2.89. The number of sulfonamides is 1. The van der Waals surface area contributed by atoms with Crippen LogP contribution >= 0.6 is 0 Å². The number of methoxy groups -OCH3 is 1. The fourth-order valence-corrected chi connectivity index (χ4v) is 6.10. The summed E-state index contributed by atoms with van der Waals surface area (Å²) in [5, 5.41) is 11.2. The summed E-state index contributed by atoms with van der Waals surface area (Å²) in [5.74, 6) is -0.266. The summed E-state index contributed by atoms with van der Waals surface area (Å²) in [6, 6.07) is 12.2. The van der Waals surface area contributed by atoms with E-state index in [1.807, 2.05) is 24.3 Å². The summed E-state index contributed by atoms with van der Waals surface area (Å²) < 4.78 is 35.3. The van der Waals surface area contributed by atoms with E-state index in [0.29, 0.717) is 38.2 Å². The van der Waals surface area contributed by atoms with Crippen molar-refractivity contribution in [1.82, 2.24) is 24.6 Å². The van der Waals surface area contributed by atoms with Gasteiger partial charge in [-0.2, -0.15) is 4.31 Å². The number of carbonyl (C=O) groups is 1. The van der Waals surface area contributed by atoms with Crippen molar-refractivity contribution in [2.75, 3.05) is 20.3 Å². The molecular weight excluding hydrogens is 466 g/mol. The number of benzene rings is 2. The van der Waals surface area contributed by atoms with E-state index in [9.17, 15) is 13.2 Å². The zero-order valence-corrected chi connectivity index (χ0v) is 21.1. The molecular formula is C25H33N5O4S. The van der Waals surface area contributed by atoms with Gasteiger partial charge in [-0.05, 0) is 55.0 Å². The Bertz CT molecular complexity index is 1260. The van der Waals surface area contributed by atoms with Gasteiger partial charge in [0.15, 0.2) is 0 Å². The fourth-order valence-electron chi connectivity index (χ4n) is 4.43. The Balaban J connectivity index is 1.49. The number of hydrogen-bond acceptors (Lipinski definition) is 6. The molecule has 9 nitrogen and oxygen atoms in total. The molecule has 2 aromatic carbocycles. The van der Waals surface area contributed by atoms with E-state index < -0.39 is 16.1 Å². The van der Waals surface area contributed by atoms with Crippen molar-refractivity contribution in [2.45, 2.75) is 63.1 Å². The minimum absolute atomic E-state index is 0.129. The van der Waals surface area contributed by atoms with Crippen LogP contribution < -0.4 is 5.32 Å². The molecule has 0 unspecified atom stereocenters. The quantitative estimate of drug-likeness (QED) is 0.430. The van der Waals surface area contributed by atoms with Gasteiger partial charge in [-0.25, -0.2) is 13.1 Å². The lowest BCUT2D eigenvalue weighted by atomic mass is 10.0. The molecule has 4 rings (SSSR count). The van der Waals surface area contributed by atoms with Gasteiger partial charge in [-0.3, -0.25) is 4.79 Å². The first-order chi connectivity index (χ1) is 16.9. The normalized spacial score (nSPS) is 17.0. The SMILES string of the molecule is CCc1ccc(CNC(=O)[C@@H]2CCCCN2S(=O)(=O)c2ccc3c(c2)nnn3CCCOC)cc1. The van der Waals surface area contributed by atoms with Gasteiger partial charge in [-0.1, -0.05) is 42.8 Å². The summed E-state index contributed by atoms with van der Waals surface area (Å²) in [6.45, 7) is 4.01. The van der Waals surface area contributed by atoms with Gasteiger partial charge in [0.2, 0.25) is 15.9 Å². The van der Waals surface area contributed by atoms with E-state index in [0.717, 1.165) is 36.8 Å². The maximum atomic E-state index is 13.6. The molecule has 3 aromatic rings. The molecule has 188 valence electrons. The predicted molar refractivity (Wildman–Crippen MR) is 133 cm³/mol. The fraction of sp³-hybridized carbons (Fsp3) is 0.480. The number of carbonyl (C=O) groups excluding carboxylic acids is 1. The Labute approximate surface area is 206 Å². The van der Waals surface area contributed by atoms with Gasteiger partial charge in [0.05, 0.1) is 10.4 Å². The van der Waals surface area contributed by atoms with Gasteiger partial charge in [0, 0.05) is 33.4 Å². The molecule has 1 aromatic heterocycles. The minimum Gasteiger partial charge on any atom is -0.385 e. The lowest BCUT2D eigenvalue weighted by Gasteiger charge is -2.33. The second kappa shape index (κ2) is 11.3. The van der Waals surface area contributed by atoms with Crippen molar-refractivity contribution in [3.05, 3.63) is 53.6 Å². The van der Waals surface area contributed by atoms with Crippen LogP contribution in [0.1, 0.15) is 43.7 Å². The monoisotopic (exact) mass is 499 g/mol. The third kappa shape index (κ3) is 5.71. The maximum Gasteiger partial charge on any atom is 0.243 e. The first kappa shape index (κ1) is 25.3. The number of ether oxygens (including phenoxy) is 1. The van der Waals surface area contributed by atoms with E-state index in [1.165, 1.54) is 9.87 Å². The van der Waals surface area contributed by atoms with Crippen LogP contribution in [0.3, 0.4) is 0 Å². The van der Waals surface area contributed by atoms with Crippen LogP contribution in [0.2, 0.25) is 0 Å². The van der Waals surface area contributed by atoms with E-state index in [4.69, 9.17) is 4.74 Å². The number of amides is 1. The highest BCUT2D eigenvalue weighted by Gasteiger charge is 2.37. The highest BCUT2D eigenvalue weighted by molar-refractivity contribution is 7.89. The maximum absolute atomic E-state index is 13.6. The Morgan fingerprint density at radius 3 is 2.66 bits per heavy atom. The van der Waals surface area contributed by atoms with E-state index in [1.54, 1.807) is 30.0 Å². The van der Waals surface area contributed by atoms with Crippen LogP contribution in [0.4, 0.5) is 0 Å². The summed E-state index contributed by atoms with van der Waals surface area (Å²) in [5.41, 5.74) is 3.50. The van der Waals surface area contributed by atoms with Crippen molar-refractivity contribution < 1.29 is 17.9 Å². The molecule has 1 atom stereocenters. The lowest BCUT2D eigenvalue weighted by molar-refractivity contribution is -0.125. The van der Waals surface area contributed by atoms with Crippen LogP contribution in [0.5, 0.6) is 0 Å². The Hall–Kier alpha value is -2.82. The zero-order valence-electron chi connectivity index (χ0n) is 20.3. The number of nitrogens with zero attached hydrogens (tertiary/aromatic N) is 4. The van der Waals surface area contributed by atoms with Crippen LogP contribution in [0.15, 0.2) is 47.4 Å². The van der Waals surface area contributed by atoms with Crippen molar-refractivity contribution >= 4 is 27.0 Å². The highest BCUT2D eigenvalue weighted by atomic mass is 32.2. The molecule has 0 radical (unpaired) electrons. The number of rotatable bonds is 10. The summed E-state index contributed by atoms with van der Waals surface area (Å²) in [7, 11) is -2.23. The highest BCUT2D eigenvalue weighted by Crippen LogP contribution is 2.27. The first-order valence-electron chi connectivity index (χ1n) is 12.1.